The Morgan fingerprint density at radius 2 is 1.30 bits per heavy atom. The molecule has 0 fully saturated rings. The highest BCUT2D eigenvalue weighted by molar-refractivity contribution is 5.94. The van der Waals surface area contributed by atoms with Crippen molar-refractivity contribution >= 4 is 23.9 Å². The number of rotatable bonds is 7. The van der Waals surface area contributed by atoms with Gasteiger partial charge in [0.15, 0.2) is 0 Å². The molecule has 8 nitrogen and oxygen atoms in total. The minimum Gasteiger partial charge on any atom is -0.464 e. The molecular weight excluding hydrogens is 354 g/mol. The first-order valence-electron chi connectivity index (χ1n) is 9.15. The summed E-state index contributed by atoms with van der Waals surface area (Å²) in [6.45, 7) is 13.2. The highest BCUT2D eigenvalue weighted by Gasteiger charge is 2.41. The van der Waals surface area contributed by atoms with Crippen molar-refractivity contribution in [2.24, 2.45) is 0 Å². The van der Waals surface area contributed by atoms with Crippen LogP contribution in [0.3, 0.4) is 0 Å². The van der Waals surface area contributed by atoms with E-state index in [-0.39, 0.29) is 31.7 Å². The second-order valence-corrected chi connectivity index (χ2v) is 8.03. The average Bonchev–Trinajstić information content (AvgIpc) is 2.47. The molecule has 0 saturated carbocycles. The standard InChI is InChI=1S/C19H33NO7/c1-9-13(21)11-12-14(15(22)25-10-2)20(16(23)26-18(3,4)5)17(24)27-19(6,7)8/h14H,9-12H2,1-8H3/t14-/m0/s1. The van der Waals surface area contributed by atoms with Crippen molar-refractivity contribution < 1.29 is 33.4 Å². The molecule has 0 aromatic carbocycles. The average molecular weight is 387 g/mol. The van der Waals surface area contributed by atoms with Crippen molar-refractivity contribution in [3.63, 3.8) is 0 Å². The zero-order valence-corrected chi connectivity index (χ0v) is 17.7. The molecule has 0 aliphatic heterocycles. The minimum absolute atomic E-state index is 0.0159. The lowest BCUT2D eigenvalue weighted by atomic mass is 10.1. The van der Waals surface area contributed by atoms with Gasteiger partial charge in [0.05, 0.1) is 6.61 Å². The zero-order chi connectivity index (χ0) is 21.4. The Morgan fingerprint density at radius 3 is 1.63 bits per heavy atom. The quantitative estimate of drug-likeness (QED) is 0.483. The summed E-state index contributed by atoms with van der Waals surface area (Å²) < 4.78 is 15.5. The number of hydrogen-bond acceptors (Lipinski definition) is 7. The maximum absolute atomic E-state index is 12.7. The third-order valence-electron chi connectivity index (χ3n) is 3.14. The van der Waals surface area contributed by atoms with E-state index in [2.05, 4.69) is 0 Å². The largest absolute Gasteiger partial charge is 0.464 e. The molecule has 0 aliphatic rings. The summed E-state index contributed by atoms with van der Waals surface area (Å²) in [4.78, 5) is 50.1. The Labute approximate surface area is 161 Å². The fourth-order valence-corrected chi connectivity index (χ4v) is 2.02. The predicted octanol–water partition coefficient (Wildman–Crippen LogP) is 3.85. The fourth-order valence-electron chi connectivity index (χ4n) is 2.02. The summed E-state index contributed by atoms with van der Waals surface area (Å²) >= 11 is 0. The number of ether oxygens (including phenoxy) is 3. The van der Waals surface area contributed by atoms with E-state index in [1.165, 1.54) is 0 Å². The van der Waals surface area contributed by atoms with Gasteiger partial charge in [-0.05, 0) is 54.9 Å². The van der Waals surface area contributed by atoms with Crippen LogP contribution in [0.25, 0.3) is 0 Å². The van der Waals surface area contributed by atoms with Gasteiger partial charge in [0.1, 0.15) is 23.0 Å². The molecule has 1 atom stereocenters. The number of imide groups is 1. The van der Waals surface area contributed by atoms with Crippen LogP contribution in [0.5, 0.6) is 0 Å². The SMILES string of the molecule is CCOC(=O)[C@H](CCC(=O)CC)N(C(=O)OC(C)(C)C)C(=O)OC(C)(C)C. The lowest BCUT2D eigenvalue weighted by molar-refractivity contribution is -0.149. The van der Waals surface area contributed by atoms with Crippen molar-refractivity contribution in [2.45, 2.75) is 91.9 Å². The van der Waals surface area contributed by atoms with Gasteiger partial charge in [-0.15, -0.1) is 0 Å². The molecule has 0 spiro atoms. The van der Waals surface area contributed by atoms with E-state index in [0.29, 0.717) is 4.90 Å². The van der Waals surface area contributed by atoms with Gasteiger partial charge in [-0.25, -0.2) is 14.4 Å². The van der Waals surface area contributed by atoms with Crippen molar-refractivity contribution in [1.29, 1.82) is 0 Å². The number of carbonyl (C=O) groups excluding carboxylic acids is 4. The lowest BCUT2D eigenvalue weighted by Crippen LogP contribution is -2.52. The van der Waals surface area contributed by atoms with E-state index < -0.39 is 35.4 Å². The van der Waals surface area contributed by atoms with E-state index in [1.54, 1.807) is 55.4 Å². The van der Waals surface area contributed by atoms with E-state index in [9.17, 15) is 19.2 Å². The molecule has 0 N–H and O–H groups in total. The van der Waals surface area contributed by atoms with Crippen LogP contribution in [0, 0.1) is 0 Å². The second-order valence-electron chi connectivity index (χ2n) is 8.03. The summed E-state index contributed by atoms with van der Waals surface area (Å²) in [5, 5.41) is 0. The van der Waals surface area contributed by atoms with Crippen molar-refractivity contribution in [2.75, 3.05) is 6.61 Å². The summed E-state index contributed by atoms with van der Waals surface area (Å²) in [7, 11) is 0. The maximum atomic E-state index is 12.7. The van der Waals surface area contributed by atoms with Crippen molar-refractivity contribution in [3.8, 4) is 0 Å². The van der Waals surface area contributed by atoms with Crippen molar-refractivity contribution in [3.05, 3.63) is 0 Å². The van der Waals surface area contributed by atoms with E-state index in [1.807, 2.05) is 0 Å². The first kappa shape index (κ1) is 24.9. The normalized spacial score (nSPS) is 12.7. The van der Waals surface area contributed by atoms with Crippen LogP contribution in [0.4, 0.5) is 9.59 Å². The number of carbonyl (C=O) groups is 4. The highest BCUT2D eigenvalue weighted by atomic mass is 16.6. The van der Waals surface area contributed by atoms with Gasteiger partial charge in [-0.3, -0.25) is 4.79 Å². The molecule has 0 rings (SSSR count). The molecule has 0 heterocycles. The van der Waals surface area contributed by atoms with Crippen LogP contribution in [0.2, 0.25) is 0 Å². The van der Waals surface area contributed by atoms with Crippen LogP contribution >= 0.6 is 0 Å². The number of Topliss-reactive ketones (excluding diaryl/α,β-unsaturated/α-hetero) is 1. The van der Waals surface area contributed by atoms with E-state index in [0.717, 1.165) is 0 Å². The third kappa shape index (κ3) is 9.96. The summed E-state index contributed by atoms with van der Waals surface area (Å²) in [6, 6.07) is -1.31. The Balaban J connectivity index is 5.84. The van der Waals surface area contributed by atoms with Crippen LogP contribution in [-0.4, -0.2) is 52.7 Å². The molecule has 0 bridgehead atoms. The van der Waals surface area contributed by atoms with Crippen LogP contribution < -0.4 is 0 Å². The monoisotopic (exact) mass is 387 g/mol. The number of ketones is 1. The van der Waals surface area contributed by atoms with E-state index >= 15 is 0 Å². The van der Waals surface area contributed by atoms with Gasteiger partial charge in [0, 0.05) is 12.8 Å². The van der Waals surface area contributed by atoms with E-state index in [4.69, 9.17) is 14.2 Å². The van der Waals surface area contributed by atoms with Crippen molar-refractivity contribution in [1.82, 2.24) is 4.90 Å². The van der Waals surface area contributed by atoms with Crippen LogP contribution in [0.1, 0.15) is 74.7 Å². The Hall–Kier alpha value is -2.12. The Kier molecular flexibility index (Phi) is 9.47. The van der Waals surface area contributed by atoms with Crippen LogP contribution in [-0.2, 0) is 23.8 Å². The fraction of sp³-hybridized carbons (Fsp3) is 0.789. The number of hydrogen-bond donors (Lipinski definition) is 0. The Morgan fingerprint density at radius 1 is 0.852 bits per heavy atom. The maximum Gasteiger partial charge on any atom is 0.420 e. The van der Waals surface area contributed by atoms with Gasteiger partial charge >= 0.3 is 18.2 Å². The molecule has 0 aromatic rings. The minimum atomic E-state index is -1.31. The van der Waals surface area contributed by atoms with Gasteiger partial charge in [0.2, 0.25) is 0 Å². The van der Waals surface area contributed by atoms with Gasteiger partial charge in [-0.2, -0.15) is 4.90 Å². The van der Waals surface area contributed by atoms with Crippen LogP contribution in [0.15, 0.2) is 0 Å². The first-order valence-corrected chi connectivity index (χ1v) is 9.15. The molecule has 8 heteroatoms. The molecule has 0 unspecified atom stereocenters. The number of amides is 2. The van der Waals surface area contributed by atoms with Gasteiger partial charge in [-0.1, -0.05) is 6.92 Å². The molecule has 0 radical (unpaired) electrons. The molecule has 0 aliphatic carbocycles. The second kappa shape index (κ2) is 10.3. The zero-order valence-electron chi connectivity index (χ0n) is 17.7. The number of esters is 1. The number of nitrogens with zero attached hydrogens (tertiary/aromatic N) is 1. The Bertz CT molecular complexity index is 515. The molecule has 27 heavy (non-hydrogen) atoms. The van der Waals surface area contributed by atoms with Gasteiger partial charge < -0.3 is 14.2 Å². The topological polar surface area (TPSA) is 99.2 Å². The summed E-state index contributed by atoms with van der Waals surface area (Å²) in [5.74, 6) is -0.893. The summed E-state index contributed by atoms with van der Waals surface area (Å²) in [6.07, 6.45) is -1.82. The molecule has 0 aromatic heterocycles. The smallest absolute Gasteiger partial charge is 0.420 e. The molecule has 0 saturated heterocycles. The third-order valence-corrected chi connectivity index (χ3v) is 3.14. The predicted molar refractivity (Wildman–Crippen MR) is 99.3 cm³/mol. The first-order chi connectivity index (χ1) is 12.2. The van der Waals surface area contributed by atoms with Gasteiger partial charge in [0.25, 0.3) is 0 Å². The molecule has 156 valence electrons. The lowest BCUT2D eigenvalue weighted by Gasteiger charge is -2.32. The highest BCUT2D eigenvalue weighted by Crippen LogP contribution is 2.20. The summed E-state index contributed by atoms with van der Waals surface area (Å²) in [5.41, 5.74) is -1.79. The molecule has 2 amide bonds. The molecular formula is C19H33NO7.